The molecule has 0 radical (unpaired) electrons. The number of benzene rings is 1. The number of imidazole rings is 1. The van der Waals surface area contributed by atoms with Gasteiger partial charge in [0.05, 0.1) is 5.69 Å². The molecule has 0 bridgehead atoms. The minimum Gasteiger partial charge on any atom is -0.346 e. The van der Waals surface area contributed by atoms with Crippen LogP contribution in [-0.2, 0) is 6.42 Å². The fourth-order valence-corrected chi connectivity index (χ4v) is 1.88. The van der Waals surface area contributed by atoms with Crippen LogP contribution in [0, 0.1) is 13.8 Å². The summed E-state index contributed by atoms with van der Waals surface area (Å²) in [5.41, 5.74) is 4.66. The molecule has 0 aliphatic heterocycles. The van der Waals surface area contributed by atoms with Crippen LogP contribution in [0.4, 0.5) is 0 Å². The number of aromatic amines is 1. The van der Waals surface area contributed by atoms with Gasteiger partial charge in [-0.25, -0.2) is 4.98 Å². The van der Waals surface area contributed by atoms with Crippen LogP contribution >= 0.6 is 0 Å². The third kappa shape index (κ3) is 2.74. The lowest BCUT2D eigenvalue weighted by atomic mass is 10.1. The highest BCUT2D eigenvalue weighted by Gasteiger charge is 2.08. The summed E-state index contributed by atoms with van der Waals surface area (Å²) in [5.74, 6) is 1.05. The Bertz CT molecular complexity index is 483. The molecule has 0 aliphatic rings. The second-order valence-corrected chi connectivity index (χ2v) is 4.38. The van der Waals surface area contributed by atoms with E-state index in [4.69, 9.17) is 0 Å². The van der Waals surface area contributed by atoms with E-state index in [1.807, 2.05) is 7.05 Å². The van der Waals surface area contributed by atoms with Crippen molar-refractivity contribution in [3.8, 4) is 11.3 Å². The summed E-state index contributed by atoms with van der Waals surface area (Å²) in [6, 6.07) is 8.49. The lowest BCUT2D eigenvalue weighted by Crippen LogP contribution is -2.11. The molecule has 90 valence electrons. The molecule has 2 N–H and O–H groups in total. The number of rotatable bonds is 4. The van der Waals surface area contributed by atoms with Crippen molar-refractivity contribution < 1.29 is 0 Å². The first-order valence-corrected chi connectivity index (χ1v) is 5.98. The zero-order valence-electron chi connectivity index (χ0n) is 10.7. The SMILES string of the molecule is CNCCc1nc(-c2ccc(C)cc2)c(C)[nH]1. The maximum absolute atomic E-state index is 4.65. The van der Waals surface area contributed by atoms with Crippen molar-refractivity contribution in [2.45, 2.75) is 20.3 Å². The number of hydrogen-bond donors (Lipinski definition) is 2. The predicted octanol–water partition coefficient (Wildman–Crippen LogP) is 2.46. The zero-order chi connectivity index (χ0) is 12.3. The highest BCUT2D eigenvalue weighted by molar-refractivity contribution is 5.62. The van der Waals surface area contributed by atoms with Crippen molar-refractivity contribution in [1.82, 2.24) is 15.3 Å². The molecule has 0 saturated carbocycles. The maximum atomic E-state index is 4.65. The zero-order valence-corrected chi connectivity index (χ0v) is 10.7. The van der Waals surface area contributed by atoms with Gasteiger partial charge >= 0.3 is 0 Å². The Morgan fingerprint density at radius 1 is 1.18 bits per heavy atom. The van der Waals surface area contributed by atoms with Gasteiger partial charge in [-0.1, -0.05) is 29.8 Å². The summed E-state index contributed by atoms with van der Waals surface area (Å²) in [4.78, 5) is 7.99. The first kappa shape index (κ1) is 11.9. The van der Waals surface area contributed by atoms with Gasteiger partial charge in [0.1, 0.15) is 5.82 Å². The minimum absolute atomic E-state index is 0.934. The van der Waals surface area contributed by atoms with Gasteiger partial charge in [-0.3, -0.25) is 0 Å². The number of aryl methyl sites for hydroxylation is 2. The van der Waals surface area contributed by atoms with Gasteiger partial charge < -0.3 is 10.3 Å². The molecule has 0 unspecified atom stereocenters. The molecule has 0 amide bonds. The fourth-order valence-electron chi connectivity index (χ4n) is 1.88. The molecule has 2 rings (SSSR count). The first-order chi connectivity index (χ1) is 8.20. The molecule has 3 nitrogen and oxygen atoms in total. The molecule has 0 fully saturated rings. The molecule has 1 aromatic heterocycles. The molecule has 0 aliphatic carbocycles. The lowest BCUT2D eigenvalue weighted by Gasteiger charge is -1.99. The summed E-state index contributed by atoms with van der Waals surface area (Å²) in [7, 11) is 1.96. The number of H-pyrrole nitrogens is 1. The molecular weight excluding hydrogens is 210 g/mol. The van der Waals surface area contributed by atoms with Crippen LogP contribution in [0.15, 0.2) is 24.3 Å². The molecule has 17 heavy (non-hydrogen) atoms. The van der Waals surface area contributed by atoms with Crippen LogP contribution in [0.25, 0.3) is 11.3 Å². The Labute approximate surface area is 102 Å². The van der Waals surface area contributed by atoms with Gasteiger partial charge in [-0.2, -0.15) is 0 Å². The van der Waals surface area contributed by atoms with Gasteiger partial charge in [0.2, 0.25) is 0 Å². The highest BCUT2D eigenvalue weighted by Crippen LogP contribution is 2.21. The van der Waals surface area contributed by atoms with E-state index in [1.165, 1.54) is 11.1 Å². The van der Waals surface area contributed by atoms with Crippen molar-refractivity contribution >= 4 is 0 Å². The Kier molecular flexibility index (Phi) is 3.59. The summed E-state index contributed by atoms with van der Waals surface area (Å²) in [6.45, 7) is 5.12. The molecular formula is C14H19N3. The second kappa shape index (κ2) is 5.15. The van der Waals surface area contributed by atoms with Crippen LogP contribution in [0.3, 0.4) is 0 Å². The smallest absolute Gasteiger partial charge is 0.108 e. The maximum Gasteiger partial charge on any atom is 0.108 e. The van der Waals surface area contributed by atoms with Crippen molar-refractivity contribution in [3.05, 3.63) is 41.3 Å². The van der Waals surface area contributed by atoms with E-state index >= 15 is 0 Å². The van der Waals surface area contributed by atoms with Crippen LogP contribution < -0.4 is 5.32 Å². The molecule has 2 aromatic rings. The quantitative estimate of drug-likeness (QED) is 0.845. The first-order valence-electron chi connectivity index (χ1n) is 5.98. The average molecular weight is 229 g/mol. The Hall–Kier alpha value is -1.61. The average Bonchev–Trinajstić information content (AvgIpc) is 2.69. The number of hydrogen-bond acceptors (Lipinski definition) is 2. The molecule has 1 aromatic carbocycles. The highest BCUT2D eigenvalue weighted by atomic mass is 14.9. The number of nitrogens with one attached hydrogen (secondary N) is 2. The largest absolute Gasteiger partial charge is 0.346 e. The van der Waals surface area contributed by atoms with Crippen molar-refractivity contribution in [3.63, 3.8) is 0 Å². The molecule has 0 spiro atoms. The van der Waals surface area contributed by atoms with E-state index in [0.717, 1.165) is 30.2 Å². The van der Waals surface area contributed by atoms with E-state index in [0.29, 0.717) is 0 Å². The Morgan fingerprint density at radius 2 is 1.88 bits per heavy atom. The van der Waals surface area contributed by atoms with Gasteiger partial charge in [0.15, 0.2) is 0 Å². The van der Waals surface area contributed by atoms with Crippen LogP contribution in [0.2, 0.25) is 0 Å². The van der Waals surface area contributed by atoms with Crippen LogP contribution in [0.5, 0.6) is 0 Å². The molecule has 1 heterocycles. The van der Waals surface area contributed by atoms with E-state index in [2.05, 4.69) is 53.4 Å². The van der Waals surface area contributed by atoms with Gasteiger partial charge in [-0.05, 0) is 20.9 Å². The van der Waals surface area contributed by atoms with E-state index < -0.39 is 0 Å². The predicted molar refractivity (Wildman–Crippen MR) is 71.1 cm³/mol. The van der Waals surface area contributed by atoms with Crippen molar-refractivity contribution in [2.75, 3.05) is 13.6 Å². The van der Waals surface area contributed by atoms with E-state index in [-0.39, 0.29) is 0 Å². The molecule has 0 saturated heterocycles. The van der Waals surface area contributed by atoms with E-state index in [9.17, 15) is 0 Å². The third-order valence-electron chi connectivity index (χ3n) is 2.87. The summed E-state index contributed by atoms with van der Waals surface area (Å²) < 4.78 is 0. The number of likely N-dealkylation sites (N-methyl/N-ethyl adjacent to an activating group) is 1. The minimum atomic E-state index is 0.934. The molecule has 0 atom stereocenters. The van der Waals surface area contributed by atoms with Crippen LogP contribution in [0.1, 0.15) is 17.1 Å². The lowest BCUT2D eigenvalue weighted by molar-refractivity contribution is 0.763. The van der Waals surface area contributed by atoms with E-state index in [1.54, 1.807) is 0 Å². The second-order valence-electron chi connectivity index (χ2n) is 4.38. The van der Waals surface area contributed by atoms with Crippen molar-refractivity contribution in [1.29, 1.82) is 0 Å². The number of nitrogens with zero attached hydrogens (tertiary/aromatic N) is 1. The van der Waals surface area contributed by atoms with Crippen molar-refractivity contribution in [2.24, 2.45) is 0 Å². The Balaban J connectivity index is 2.26. The monoisotopic (exact) mass is 229 g/mol. The van der Waals surface area contributed by atoms with Gasteiger partial charge in [0.25, 0.3) is 0 Å². The topological polar surface area (TPSA) is 40.7 Å². The van der Waals surface area contributed by atoms with Crippen LogP contribution in [-0.4, -0.2) is 23.6 Å². The summed E-state index contributed by atoms with van der Waals surface area (Å²) >= 11 is 0. The standard InChI is InChI=1S/C14H19N3/c1-10-4-6-12(7-5-10)14-11(2)16-13(17-14)8-9-15-3/h4-7,15H,8-9H2,1-3H3,(H,16,17). The van der Waals surface area contributed by atoms with Gasteiger partial charge in [0, 0.05) is 24.2 Å². The Morgan fingerprint density at radius 3 is 2.53 bits per heavy atom. The molecule has 3 heteroatoms. The summed E-state index contributed by atoms with van der Waals surface area (Å²) in [5, 5.41) is 3.13. The summed E-state index contributed by atoms with van der Waals surface area (Å²) in [6.07, 6.45) is 0.934. The fraction of sp³-hybridized carbons (Fsp3) is 0.357. The third-order valence-corrected chi connectivity index (χ3v) is 2.87. The number of aromatic nitrogens is 2. The van der Waals surface area contributed by atoms with Gasteiger partial charge in [-0.15, -0.1) is 0 Å². The normalized spacial score (nSPS) is 10.8.